The van der Waals surface area contributed by atoms with Gasteiger partial charge >= 0.3 is 0 Å². The molecule has 1 rings (SSSR count). The minimum atomic E-state index is -0.299. The van der Waals surface area contributed by atoms with Crippen LogP contribution >= 0.6 is 0 Å². The molecule has 0 spiro atoms. The highest BCUT2D eigenvalue weighted by Gasteiger charge is 2.27. The Morgan fingerprint density at radius 3 is 2.38 bits per heavy atom. The zero-order valence-corrected chi connectivity index (χ0v) is 13.6. The molecular weight excluding hydrogens is 262 g/mol. The fourth-order valence-electron chi connectivity index (χ4n) is 2.67. The first-order chi connectivity index (χ1) is 9.64. The van der Waals surface area contributed by atoms with Gasteiger partial charge in [0, 0.05) is 11.1 Å². The molecule has 2 N–H and O–H groups in total. The number of carbonyl (C=O) groups is 1. The van der Waals surface area contributed by atoms with Crippen LogP contribution in [-0.2, 0) is 0 Å². The Morgan fingerprint density at radius 1 is 1.19 bits per heavy atom. The van der Waals surface area contributed by atoms with E-state index in [2.05, 4.69) is 37.9 Å². The number of carbonyl (C=O) groups excluding carboxylic acids is 1. The number of hydrogen-bond acceptors (Lipinski definition) is 2. The van der Waals surface area contributed by atoms with Gasteiger partial charge in [0.1, 0.15) is 6.61 Å². The maximum atomic E-state index is 12.5. The van der Waals surface area contributed by atoms with E-state index in [-0.39, 0.29) is 23.5 Å². The summed E-state index contributed by atoms with van der Waals surface area (Å²) in [6.45, 7) is 10.3. The van der Waals surface area contributed by atoms with Gasteiger partial charge in [-0.1, -0.05) is 44.7 Å². The van der Waals surface area contributed by atoms with Crippen molar-refractivity contribution in [2.24, 2.45) is 5.41 Å². The predicted molar refractivity (Wildman–Crippen MR) is 86.0 cm³/mol. The summed E-state index contributed by atoms with van der Waals surface area (Å²) in [7, 11) is 0. The quantitative estimate of drug-likeness (QED) is 0.840. The van der Waals surface area contributed by atoms with Gasteiger partial charge in [0.05, 0.1) is 5.56 Å². The molecule has 0 bridgehead atoms. The third kappa shape index (κ3) is 6.01. The van der Waals surface area contributed by atoms with Crippen molar-refractivity contribution in [3.05, 3.63) is 35.4 Å². The van der Waals surface area contributed by atoms with Crippen LogP contribution in [0.25, 0.3) is 0 Å². The van der Waals surface area contributed by atoms with Crippen LogP contribution in [0.4, 0.5) is 0 Å². The summed E-state index contributed by atoms with van der Waals surface area (Å²) in [5.74, 6) is 5.27. The number of rotatable bonds is 3. The van der Waals surface area contributed by atoms with Crippen molar-refractivity contribution < 1.29 is 9.90 Å². The highest BCUT2D eigenvalue weighted by Crippen LogP contribution is 2.27. The molecule has 0 aliphatic heterocycles. The Labute approximate surface area is 127 Å². The topological polar surface area (TPSA) is 49.3 Å². The summed E-state index contributed by atoms with van der Waals surface area (Å²) in [6.07, 6.45) is 0.871. The molecule has 0 unspecified atom stereocenters. The molecule has 1 aromatic rings. The average molecular weight is 287 g/mol. The van der Waals surface area contributed by atoms with Crippen LogP contribution in [0.15, 0.2) is 24.3 Å². The second-order valence-corrected chi connectivity index (χ2v) is 7.08. The monoisotopic (exact) mass is 287 g/mol. The number of aliphatic hydroxyl groups is 1. The number of nitrogens with one attached hydrogen (secondary N) is 1. The van der Waals surface area contributed by atoms with Crippen LogP contribution in [0, 0.1) is 17.3 Å². The fourth-order valence-corrected chi connectivity index (χ4v) is 2.67. The number of benzene rings is 1. The van der Waals surface area contributed by atoms with E-state index in [1.807, 2.05) is 26.0 Å². The van der Waals surface area contributed by atoms with Gasteiger partial charge in [0.25, 0.3) is 5.91 Å². The number of amides is 1. The van der Waals surface area contributed by atoms with Crippen LogP contribution in [0.1, 0.15) is 57.0 Å². The normalized spacial score (nSPS) is 11.5. The van der Waals surface area contributed by atoms with E-state index in [9.17, 15) is 4.79 Å². The molecule has 21 heavy (non-hydrogen) atoms. The van der Waals surface area contributed by atoms with E-state index in [0.717, 1.165) is 6.42 Å². The van der Waals surface area contributed by atoms with Crippen LogP contribution in [0.2, 0.25) is 0 Å². The Kier molecular flexibility index (Phi) is 5.57. The molecular formula is C18H25NO2. The first-order valence-corrected chi connectivity index (χ1v) is 7.16. The molecule has 1 aromatic carbocycles. The fraction of sp³-hybridized carbons (Fsp3) is 0.500. The van der Waals surface area contributed by atoms with Gasteiger partial charge in [-0.2, -0.15) is 0 Å². The molecule has 0 saturated carbocycles. The highest BCUT2D eigenvalue weighted by atomic mass is 16.2. The Bertz CT molecular complexity index is 557. The van der Waals surface area contributed by atoms with Gasteiger partial charge in [-0.15, -0.1) is 0 Å². The Balaban J connectivity index is 2.95. The van der Waals surface area contributed by atoms with Crippen LogP contribution < -0.4 is 5.32 Å². The van der Waals surface area contributed by atoms with Crippen molar-refractivity contribution in [3.63, 3.8) is 0 Å². The van der Waals surface area contributed by atoms with Gasteiger partial charge in [-0.05, 0) is 37.8 Å². The van der Waals surface area contributed by atoms with Gasteiger partial charge < -0.3 is 10.4 Å². The molecule has 0 radical (unpaired) electrons. The van der Waals surface area contributed by atoms with Crippen LogP contribution in [0.3, 0.4) is 0 Å². The number of hydrogen-bond donors (Lipinski definition) is 2. The molecule has 0 fully saturated rings. The summed E-state index contributed by atoms with van der Waals surface area (Å²) in [5.41, 5.74) is 1.01. The average Bonchev–Trinajstić information content (AvgIpc) is 2.33. The first kappa shape index (κ1) is 17.3. The van der Waals surface area contributed by atoms with Crippen molar-refractivity contribution in [3.8, 4) is 11.8 Å². The van der Waals surface area contributed by atoms with E-state index in [1.54, 1.807) is 12.1 Å². The first-order valence-electron chi connectivity index (χ1n) is 7.16. The summed E-state index contributed by atoms with van der Waals surface area (Å²) < 4.78 is 0. The van der Waals surface area contributed by atoms with Gasteiger partial charge in [-0.3, -0.25) is 4.79 Å². The third-order valence-corrected chi connectivity index (χ3v) is 2.90. The largest absolute Gasteiger partial charge is 0.384 e. The van der Waals surface area contributed by atoms with Crippen molar-refractivity contribution in [2.45, 2.75) is 46.6 Å². The summed E-state index contributed by atoms with van der Waals surface area (Å²) >= 11 is 0. The molecule has 0 atom stereocenters. The molecule has 0 saturated heterocycles. The molecule has 114 valence electrons. The maximum absolute atomic E-state index is 12.5. The van der Waals surface area contributed by atoms with E-state index < -0.39 is 0 Å². The van der Waals surface area contributed by atoms with E-state index in [1.165, 1.54) is 0 Å². The summed E-state index contributed by atoms with van der Waals surface area (Å²) in [4.78, 5) is 12.5. The lowest BCUT2D eigenvalue weighted by Crippen LogP contribution is -2.46. The van der Waals surface area contributed by atoms with Crippen molar-refractivity contribution >= 4 is 5.91 Å². The van der Waals surface area contributed by atoms with E-state index in [4.69, 9.17) is 5.11 Å². The minimum absolute atomic E-state index is 0.132. The lowest BCUT2D eigenvalue weighted by molar-refractivity contribution is 0.0891. The molecule has 3 heteroatoms. The van der Waals surface area contributed by atoms with Crippen molar-refractivity contribution in [2.75, 3.05) is 6.61 Å². The lowest BCUT2D eigenvalue weighted by atomic mass is 9.81. The molecule has 0 heterocycles. The minimum Gasteiger partial charge on any atom is -0.384 e. The van der Waals surface area contributed by atoms with Crippen LogP contribution in [0.5, 0.6) is 0 Å². The smallest absolute Gasteiger partial charge is 0.252 e. The van der Waals surface area contributed by atoms with Gasteiger partial charge in [-0.25, -0.2) is 0 Å². The van der Waals surface area contributed by atoms with Crippen molar-refractivity contribution in [1.82, 2.24) is 5.32 Å². The molecule has 3 nitrogen and oxygen atoms in total. The molecule has 1 amide bonds. The summed E-state index contributed by atoms with van der Waals surface area (Å²) in [5, 5.41) is 11.9. The maximum Gasteiger partial charge on any atom is 0.252 e. The standard InChI is InChI=1S/C18H25NO2/c1-17(2,3)13-18(4,5)19-16(21)15-11-7-6-9-14(15)10-8-12-20/h6-7,9,11,20H,12-13H2,1-5H3,(H,19,21). The van der Waals surface area contributed by atoms with E-state index >= 15 is 0 Å². The Morgan fingerprint density at radius 2 is 1.81 bits per heavy atom. The van der Waals surface area contributed by atoms with E-state index in [0.29, 0.717) is 11.1 Å². The van der Waals surface area contributed by atoms with Gasteiger partial charge in [0.2, 0.25) is 0 Å². The Hall–Kier alpha value is -1.79. The summed E-state index contributed by atoms with van der Waals surface area (Å²) in [6, 6.07) is 7.19. The third-order valence-electron chi connectivity index (χ3n) is 2.90. The SMILES string of the molecule is CC(C)(C)CC(C)(C)NC(=O)c1ccccc1C#CCO. The number of aliphatic hydroxyl groups excluding tert-OH is 1. The predicted octanol–water partition coefficient (Wildman–Crippen LogP) is 2.98. The van der Waals surface area contributed by atoms with Crippen LogP contribution in [-0.4, -0.2) is 23.2 Å². The second kappa shape index (κ2) is 6.78. The zero-order valence-electron chi connectivity index (χ0n) is 13.6. The molecule has 0 aliphatic carbocycles. The molecule has 0 aromatic heterocycles. The van der Waals surface area contributed by atoms with Crippen molar-refractivity contribution in [1.29, 1.82) is 0 Å². The van der Waals surface area contributed by atoms with Gasteiger partial charge in [0.15, 0.2) is 0 Å². The molecule has 0 aliphatic rings. The second-order valence-electron chi connectivity index (χ2n) is 7.08. The zero-order chi connectivity index (χ0) is 16.1. The highest BCUT2D eigenvalue weighted by molar-refractivity contribution is 5.97. The lowest BCUT2D eigenvalue weighted by Gasteiger charge is -2.33.